The number of amides is 1. The van der Waals surface area contributed by atoms with E-state index in [1.165, 1.54) is 16.9 Å². The zero-order valence-corrected chi connectivity index (χ0v) is 11.1. The normalized spacial score (nSPS) is 26.7. The predicted molar refractivity (Wildman–Crippen MR) is 74.6 cm³/mol. The first kappa shape index (κ1) is 12.1. The van der Waals surface area contributed by atoms with Crippen molar-refractivity contribution in [3.63, 3.8) is 0 Å². The topological polar surface area (TPSA) is 41.1 Å². The minimum atomic E-state index is -0.0644. The second-order valence-electron chi connectivity index (χ2n) is 4.98. The Morgan fingerprint density at radius 2 is 2.17 bits per heavy atom. The summed E-state index contributed by atoms with van der Waals surface area (Å²) in [7, 11) is 0. The minimum Gasteiger partial charge on any atom is -0.351 e. The Balaban J connectivity index is 1.62. The van der Waals surface area contributed by atoms with Gasteiger partial charge in [0, 0.05) is 18.3 Å². The molecular formula is C14H18N2OS. The molecule has 2 N–H and O–H groups in total. The van der Waals surface area contributed by atoms with E-state index in [4.69, 9.17) is 0 Å². The second kappa shape index (κ2) is 5.33. The molecule has 1 fully saturated rings. The van der Waals surface area contributed by atoms with Gasteiger partial charge in [0.15, 0.2) is 0 Å². The summed E-state index contributed by atoms with van der Waals surface area (Å²) in [4.78, 5) is 12.2. The van der Waals surface area contributed by atoms with Crippen LogP contribution < -0.4 is 10.6 Å². The summed E-state index contributed by atoms with van der Waals surface area (Å²) in [5.74, 6) is 2.40. The molecule has 4 heteroatoms. The summed E-state index contributed by atoms with van der Waals surface area (Å²) in [5.41, 5.74) is 2.62. The highest BCUT2D eigenvalue weighted by atomic mass is 32.2. The zero-order chi connectivity index (χ0) is 12.4. The molecular weight excluding hydrogens is 244 g/mol. The predicted octanol–water partition coefficient (Wildman–Crippen LogP) is 1.32. The van der Waals surface area contributed by atoms with E-state index in [1.807, 2.05) is 17.8 Å². The van der Waals surface area contributed by atoms with Crippen LogP contribution in [0.4, 0.5) is 0 Å². The van der Waals surface area contributed by atoms with E-state index in [9.17, 15) is 4.79 Å². The zero-order valence-electron chi connectivity index (χ0n) is 10.3. The van der Waals surface area contributed by atoms with Gasteiger partial charge >= 0.3 is 0 Å². The fraction of sp³-hybridized carbons (Fsp3) is 0.500. The van der Waals surface area contributed by atoms with Crippen molar-refractivity contribution in [1.82, 2.24) is 10.6 Å². The fourth-order valence-electron chi connectivity index (χ4n) is 2.59. The summed E-state index contributed by atoms with van der Waals surface area (Å²) in [5, 5.41) is 6.49. The lowest BCUT2D eigenvalue weighted by Crippen LogP contribution is -2.50. The van der Waals surface area contributed by atoms with Crippen LogP contribution in [0, 0.1) is 0 Å². The third-order valence-corrected chi connectivity index (χ3v) is 4.84. The van der Waals surface area contributed by atoms with Crippen molar-refractivity contribution in [3.8, 4) is 0 Å². The van der Waals surface area contributed by atoms with Crippen molar-refractivity contribution in [2.24, 2.45) is 0 Å². The van der Waals surface area contributed by atoms with Crippen molar-refractivity contribution in [3.05, 3.63) is 35.4 Å². The molecule has 2 heterocycles. The lowest BCUT2D eigenvalue weighted by atomic mass is 9.95. The number of thioether (sulfide) groups is 1. The number of carbonyl (C=O) groups excluding carboxylic acids is 1. The number of carbonyl (C=O) groups is 1. The second-order valence-corrected chi connectivity index (χ2v) is 6.13. The molecule has 0 spiro atoms. The van der Waals surface area contributed by atoms with Gasteiger partial charge in [-0.05, 0) is 29.7 Å². The minimum absolute atomic E-state index is 0.0644. The molecule has 2 aliphatic heterocycles. The van der Waals surface area contributed by atoms with E-state index in [2.05, 4.69) is 28.8 Å². The molecule has 0 aliphatic carbocycles. The SMILES string of the molecule is O=C(NC1CCSC1)[C@H]1Cc2ccccc2CN1. The molecule has 96 valence electrons. The fourth-order valence-corrected chi connectivity index (χ4v) is 3.74. The Kier molecular flexibility index (Phi) is 3.57. The number of fused-ring (bicyclic) bond motifs is 1. The molecule has 0 aromatic heterocycles. The summed E-state index contributed by atoms with van der Waals surface area (Å²) in [6.07, 6.45) is 1.92. The van der Waals surface area contributed by atoms with Gasteiger partial charge in [-0.2, -0.15) is 11.8 Å². The Labute approximate surface area is 112 Å². The van der Waals surface area contributed by atoms with Gasteiger partial charge in [0.2, 0.25) is 5.91 Å². The largest absolute Gasteiger partial charge is 0.351 e. The molecule has 3 nitrogen and oxygen atoms in total. The van der Waals surface area contributed by atoms with Crippen LogP contribution in [0.2, 0.25) is 0 Å². The van der Waals surface area contributed by atoms with E-state index in [0.29, 0.717) is 6.04 Å². The summed E-state index contributed by atoms with van der Waals surface area (Å²) in [6, 6.07) is 8.67. The third-order valence-electron chi connectivity index (χ3n) is 3.67. The summed E-state index contributed by atoms with van der Waals surface area (Å²) < 4.78 is 0. The Morgan fingerprint density at radius 3 is 2.94 bits per heavy atom. The lowest BCUT2D eigenvalue weighted by Gasteiger charge is -2.26. The highest BCUT2D eigenvalue weighted by Gasteiger charge is 2.26. The van der Waals surface area contributed by atoms with Crippen LogP contribution in [-0.4, -0.2) is 29.5 Å². The highest BCUT2D eigenvalue weighted by Crippen LogP contribution is 2.19. The maximum Gasteiger partial charge on any atom is 0.237 e. The van der Waals surface area contributed by atoms with E-state index in [0.717, 1.165) is 25.1 Å². The van der Waals surface area contributed by atoms with Gasteiger partial charge in [0.25, 0.3) is 0 Å². The van der Waals surface area contributed by atoms with Gasteiger partial charge in [-0.15, -0.1) is 0 Å². The molecule has 0 radical (unpaired) electrons. The van der Waals surface area contributed by atoms with Crippen LogP contribution in [0.5, 0.6) is 0 Å². The quantitative estimate of drug-likeness (QED) is 0.844. The molecule has 3 rings (SSSR count). The van der Waals surface area contributed by atoms with E-state index < -0.39 is 0 Å². The van der Waals surface area contributed by atoms with Crippen LogP contribution in [-0.2, 0) is 17.8 Å². The first-order valence-electron chi connectivity index (χ1n) is 6.51. The van der Waals surface area contributed by atoms with E-state index in [-0.39, 0.29) is 11.9 Å². The third kappa shape index (κ3) is 2.54. The number of nitrogens with one attached hydrogen (secondary N) is 2. The molecule has 0 bridgehead atoms. The average molecular weight is 262 g/mol. The average Bonchev–Trinajstić information content (AvgIpc) is 2.91. The molecule has 1 unspecified atom stereocenters. The molecule has 18 heavy (non-hydrogen) atoms. The van der Waals surface area contributed by atoms with Crippen molar-refractivity contribution in [1.29, 1.82) is 0 Å². The molecule has 2 atom stereocenters. The van der Waals surface area contributed by atoms with Crippen LogP contribution in [0.25, 0.3) is 0 Å². The summed E-state index contributed by atoms with van der Waals surface area (Å²) in [6.45, 7) is 0.799. The van der Waals surface area contributed by atoms with Crippen molar-refractivity contribution >= 4 is 17.7 Å². The van der Waals surface area contributed by atoms with Crippen molar-refractivity contribution < 1.29 is 4.79 Å². The highest BCUT2D eigenvalue weighted by molar-refractivity contribution is 7.99. The number of rotatable bonds is 2. The Bertz CT molecular complexity index is 443. The maximum atomic E-state index is 12.2. The van der Waals surface area contributed by atoms with Gasteiger partial charge in [0.05, 0.1) is 6.04 Å². The number of hydrogen-bond donors (Lipinski definition) is 2. The Hall–Kier alpha value is -1.00. The van der Waals surface area contributed by atoms with Crippen LogP contribution in [0.15, 0.2) is 24.3 Å². The van der Waals surface area contributed by atoms with E-state index >= 15 is 0 Å². The standard InChI is InChI=1S/C14H18N2OS/c17-14(16-12-5-6-18-9-12)13-7-10-3-1-2-4-11(10)8-15-13/h1-4,12-13,15H,5-9H2,(H,16,17)/t12?,13-/m1/s1. The molecule has 0 saturated carbocycles. The van der Waals surface area contributed by atoms with E-state index in [1.54, 1.807) is 0 Å². The first-order chi connectivity index (χ1) is 8.83. The monoisotopic (exact) mass is 262 g/mol. The number of hydrogen-bond acceptors (Lipinski definition) is 3. The van der Waals surface area contributed by atoms with Crippen molar-refractivity contribution in [2.45, 2.75) is 31.5 Å². The van der Waals surface area contributed by atoms with Gasteiger partial charge in [-0.3, -0.25) is 4.79 Å². The molecule has 1 amide bonds. The maximum absolute atomic E-state index is 12.2. The lowest BCUT2D eigenvalue weighted by molar-refractivity contribution is -0.123. The first-order valence-corrected chi connectivity index (χ1v) is 7.66. The van der Waals surface area contributed by atoms with Crippen LogP contribution in [0.1, 0.15) is 17.5 Å². The smallest absolute Gasteiger partial charge is 0.237 e. The van der Waals surface area contributed by atoms with Gasteiger partial charge in [-0.25, -0.2) is 0 Å². The molecule has 1 aromatic rings. The van der Waals surface area contributed by atoms with Gasteiger partial charge in [-0.1, -0.05) is 24.3 Å². The molecule has 1 aromatic carbocycles. The Morgan fingerprint density at radius 1 is 1.33 bits per heavy atom. The number of benzene rings is 1. The van der Waals surface area contributed by atoms with Crippen molar-refractivity contribution in [2.75, 3.05) is 11.5 Å². The van der Waals surface area contributed by atoms with Crippen LogP contribution in [0.3, 0.4) is 0 Å². The van der Waals surface area contributed by atoms with Gasteiger partial charge < -0.3 is 10.6 Å². The van der Waals surface area contributed by atoms with Crippen LogP contribution >= 0.6 is 11.8 Å². The molecule has 2 aliphatic rings. The molecule has 1 saturated heterocycles. The van der Waals surface area contributed by atoms with Gasteiger partial charge in [0.1, 0.15) is 0 Å². The summed E-state index contributed by atoms with van der Waals surface area (Å²) >= 11 is 1.92.